The van der Waals surface area contributed by atoms with E-state index in [4.69, 9.17) is 19.2 Å². The molecule has 44 heavy (non-hydrogen) atoms. The molecule has 4 rings (SSSR count). The quantitative estimate of drug-likeness (QED) is 0.202. The fourth-order valence-electron chi connectivity index (χ4n) is 3.91. The first-order valence-corrected chi connectivity index (χ1v) is 14.6. The van der Waals surface area contributed by atoms with E-state index in [0.717, 1.165) is 34.5 Å². The minimum absolute atomic E-state index is 0.387. The van der Waals surface area contributed by atoms with Crippen LogP contribution in [0.4, 0.5) is 22.0 Å². The van der Waals surface area contributed by atoms with Gasteiger partial charge in [-0.1, -0.05) is 27.7 Å². The average molecular weight is 603 g/mol. The highest BCUT2D eigenvalue weighted by Crippen LogP contribution is 2.34. The van der Waals surface area contributed by atoms with Crippen molar-refractivity contribution >= 4 is 34.3 Å². The molecule has 0 bridgehead atoms. The molecule has 1 amide bonds. The van der Waals surface area contributed by atoms with Crippen LogP contribution in [-0.4, -0.2) is 61.0 Å². The van der Waals surface area contributed by atoms with Gasteiger partial charge in [0.05, 0.1) is 37.1 Å². The van der Waals surface area contributed by atoms with Crippen LogP contribution in [0.15, 0.2) is 60.9 Å². The van der Waals surface area contributed by atoms with E-state index in [1.54, 1.807) is 53.5 Å². The average Bonchev–Trinajstić information content (AvgIpc) is 2.95. The van der Waals surface area contributed by atoms with Crippen LogP contribution in [0.2, 0.25) is 0 Å². The number of likely N-dealkylation sites (N-methyl/N-ethyl adjacent to an activating group) is 1. The lowest BCUT2D eigenvalue weighted by Gasteiger charge is -2.26. The van der Waals surface area contributed by atoms with Crippen molar-refractivity contribution in [1.29, 1.82) is 0 Å². The maximum absolute atomic E-state index is 12.0. The summed E-state index contributed by atoms with van der Waals surface area (Å²) < 4.78 is 16.3. The molecule has 10 nitrogen and oxygen atoms in total. The Hall–Kier alpha value is -4.44. The largest absolute Gasteiger partial charge is 0.497 e. The monoisotopic (exact) mass is 602 g/mol. The van der Waals surface area contributed by atoms with Gasteiger partial charge in [0.2, 0.25) is 0 Å². The predicted octanol–water partition coefficient (Wildman–Crippen LogP) is 7.47. The van der Waals surface area contributed by atoms with Gasteiger partial charge in [0.15, 0.2) is 0 Å². The molecule has 0 unspecified atom stereocenters. The molecule has 2 N–H and O–H groups in total. The Labute approximate surface area is 261 Å². The molecule has 0 radical (unpaired) electrons. The Morgan fingerprint density at radius 1 is 0.818 bits per heavy atom. The highest BCUT2D eigenvalue weighted by molar-refractivity contribution is 5.85. The second-order valence-electron chi connectivity index (χ2n) is 12.8. The first kappa shape index (κ1) is 34.1. The van der Waals surface area contributed by atoms with Crippen molar-refractivity contribution in [3.8, 4) is 22.8 Å². The third-order valence-electron chi connectivity index (χ3n) is 5.76. The lowest BCUT2D eigenvalue weighted by Crippen LogP contribution is -2.27. The number of nitrogens with one attached hydrogen (secondary N) is 2. The number of hydrogen-bond acceptors (Lipinski definition) is 9. The molecule has 2 heterocycles. The summed E-state index contributed by atoms with van der Waals surface area (Å²) in [6, 6.07) is 15.3. The van der Waals surface area contributed by atoms with E-state index in [0.29, 0.717) is 35.0 Å². The van der Waals surface area contributed by atoms with Crippen LogP contribution in [0, 0.1) is 5.41 Å². The fourth-order valence-corrected chi connectivity index (χ4v) is 3.91. The summed E-state index contributed by atoms with van der Waals surface area (Å²) in [5.74, 6) is 1.80. The van der Waals surface area contributed by atoms with E-state index in [2.05, 4.69) is 53.2 Å². The van der Waals surface area contributed by atoms with E-state index in [9.17, 15) is 4.79 Å². The van der Waals surface area contributed by atoms with Gasteiger partial charge in [0.1, 0.15) is 22.9 Å². The third-order valence-corrected chi connectivity index (χ3v) is 5.76. The second-order valence-corrected chi connectivity index (χ2v) is 12.8. The van der Waals surface area contributed by atoms with E-state index in [1.165, 1.54) is 0 Å². The predicted molar refractivity (Wildman–Crippen MR) is 178 cm³/mol. The Balaban J connectivity index is 0.000000978. The van der Waals surface area contributed by atoms with Gasteiger partial charge in [-0.2, -0.15) is 0 Å². The Bertz CT molecular complexity index is 1500. The summed E-state index contributed by atoms with van der Waals surface area (Å²) >= 11 is 0. The van der Waals surface area contributed by atoms with Crippen LogP contribution in [-0.2, 0) is 4.74 Å². The molecule has 10 heteroatoms. The van der Waals surface area contributed by atoms with Gasteiger partial charge in [-0.15, -0.1) is 0 Å². The molecule has 0 aliphatic heterocycles. The highest BCUT2D eigenvalue weighted by atomic mass is 16.6. The second kappa shape index (κ2) is 14.8. The SMILES string of the molecule is CC(C)(C)C.CNCCN(c1cc(OC)cc(OC)c1)c1ccc2ncc(-c3ccc(NC(=O)OC(C)(C)C)nc3)nc2c1. The van der Waals surface area contributed by atoms with E-state index in [1.807, 2.05) is 49.5 Å². The number of pyridine rings is 1. The number of rotatable bonds is 9. The van der Waals surface area contributed by atoms with Crippen molar-refractivity contribution in [3.05, 3.63) is 60.9 Å². The molecule has 2 aromatic carbocycles. The van der Waals surface area contributed by atoms with Gasteiger partial charge in [0, 0.05) is 54.4 Å². The molecule has 0 spiro atoms. The number of benzene rings is 2. The number of fused-ring (bicyclic) bond motifs is 1. The molecule has 0 aliphatic rings. The summed E-state index contributed by atoms with van der Waals surface area (Å²) in [5, 5.41) is 5.86. The van der Waals surface area contributed by atoms with Crippen LogP contribution in [0.25, 0.3) is 22.3 Å². The van der Waals surface area contributed by atoms with Gasteiger partial charge < -0.3 is 24.4 Å². The molecule has 0 aliphatic carbocycles. The topological polar surface area (TPSA) is 111 Å². The normalized spacial score (nSPS) is 11.3. The zero-order valence-corrected chi connectivity index (χ0v) is 27.6. The summed E-state index contributed by atoms with van der Waals surface area (Å²) in [6.07, 6.45) is 2.80. The number of carbonyl (C=O) groups is 1. The molecule has 0 atom stereocenters. The van der Waals surface area contributed by atoms with Gasteiger partial charge >= 0.3 is 6.09 Å². The minimum Gasteiger partial charge on any atom is -0.497 e. The van der Waals surface area contributed by atoms with E-state index in [-0.39, 0.29) is 0 Å². The number of anilines is 3. The van der Waals surface area contributed by atoms with Crippen LogP contribution in [0.5, 0.6) is 11.5 Å². The summed E-state index contributed by atoms with van der Waals surface area (Å²) in [5.41, 5.74) is 4.75. The van der Waals surface area contributed by atoms with Crippen LogP contribution < -0.4 is 25.0 Å². The van der Waals surface area contributed by atoms with Crippen molar-refractivity contribution in [2.45, 2.75) is 54.1 Å². The minimum atomic E-state index is -0.592. The number of amides is 1. The number of carbonyl (C=O) groups excluding carboxylic acids is 1. The lowest BCUT2D eigenvalue weighted by molar-refractivity contribution is 0.0635. The molecule has 0 fully saturated rings. The smallest absolute Gasteiger partial charge is 0.413 e. The number of methoxy groups -OCH3 is 2. The van der Waals surface area contributed by atoms with Crippen molar-refractivity contribution in [2.24, 2.45) is 5.41 Å². The lowest BCUT2D eigenvalue weighted by atomic mass is 10.0. The molecule has 4 aromatic rings. The van der Waals surface area contributed by atoms with Crippen LogP contribution >= 0.6 is 0 Å². The molecular formula is C34H46N6O4. The standard InChI is InChI=1S/C29H34N6O4.C5H12/c1-29(2,3)39-28(36)34-27-10-7-19(17-32-27)26-18-31-24-9-8-20(15-25(24)33-26)35(12-11-30-4)21-13-22(37-5)16-23(14-21)38-6;1-5(2,3)4/h7-10,13-18,30H,11-12H2,1-6H3,(H,32,34,36);1-4H3. The summed E-state index contributed by atoms with van der Waals surface area (Å²) in [4.78, 5) is 28.0. The zero-order chi connectivity index (χ0) is 32.5. The Kier molecular flexibility index (Phi) is 11.5. The third kappa shape index (κ3) is 10.7. The Morgan fingerprint density at radius 3 is 2.02 bits per heavy atom. The molecule has 0 saturated heterocycles. The van der Waals surface area contributed by atoms with Crippen LogP contribution in [0.1, 0.15) is 48.5 Å². The number of aromatic nitrogens is 3. The fraction of sp³-hybridized carbons (Fsp3) is 0.412. The zero-order valence-electron chi connectivity index (χ0n) is 27.6. The number of hydrogen-bond donors (Lipinski definition) is 2. The van der Waals surface area contributed by atoms with Crippen molar-refractivity contribution < 1.29 is 19.0 Å². The summed E-state index contributed by atoms with van der Waals surface area (Å²) in [6.45, 7) is 15.6. The van der Waals surface area contributed by atoms with Gasteiger partial charge in [-0.05, 0) is 63.6 Å². The highest BCUT2D eigenvalue weighted by Gasteiger charge is 2.17. The van der Waals surface area contributed by atoms with Crippen molar-refractivity contribution in [3.63, 3.8) is 0 Å². The van der Waals surface area contributed by atoms with Crippen molar-refractivity contribution in [2.75, 3.05) is 44.6 Å². The van der Waals surface area contributed by atoms with Crippen LogP contribution in [0.3, 0.4) is 0 Å². The van der Waals surface area contributed by atoms with Gasteiger partial charge in [-0.25, -0.2) is 14.8 Å². The van der Waals surface area contributed by atoms with Crippen molar-refractivity contribution in [1.82, 2.24) is 20.3 Å². The molecular weight excluding hydrogens is 556 g/mol. The maximum Gasteiger partial charge on any atom is 0.413 e. The number of nitrogens with zero attached hydrogens (tertiary/aromatic N) is 4. The van der Waals surface area contributed by atoms with Gasteiger partial charge in [-0.3, -0.25) is 10.3 Å². The molecule has 0 saturated carbocycles. The summed E-state index contributed by atoms with van der Waals surface area (Å²) in [7, 11) is 5.20. The first-order valence-electron chi connectivity index (χ1n) is 14.6. The van der Waals surface area contributed by atoms with E-state index >= 15 is 0 Å². The number of ether oxygens (including phenoxy) is 3. The molecule has 2 aromatic heterocycles. The van der Waals surface area contributed by atoms with Gasteiger partial charge in [0.25, 0.3) is 0 Å². The molecule has 236 valence electrons. The maximum atomic E-state index is 12.0. The Morgan fingerprint density at radius 2 is 1.48 bits per heavy atom. The first-order chi connectivity index (χ1) is 20.7. The van der Waals surface area contributed by atoms with E-state index < -0.39 is 11.7 Å².